The molecule has 0 saturated heterocycles. The molecule has 25 heavy (non-hydrogen) atoms. The number of nitrogens with zero attached hydrogens (tertiary/aromatic N) is 2. The quantitative estimate of drug-likeness (QED) is 0.468. The van der Waals surface area contributed by atoms with Gasteiger partial charge in [-0.1, -0.05) is 29.8 Å². The van der Waals surface area contributed by atoms with Gasteiger partial charge >= 0.3 is 0 Å². The highest BCUT2D eigenvalue weighted by Gasteiger charge is 2.08. The number of nitro benzene ring substituents is 1. The second-order valence-electron chi connectivity index (χ2n) is 5.31. The van der Waals surface area contributed by atoms with Crippen LogP contribution in [0.25, 0.3) is 0 Å². The van der Waals surface area contributed by atoms with Crippen molar-refractivity contribution >= 4 is 34.6 Å². The summed E-state index contributed by atoms with van der Waals surface area (Å²) in [6.07, 6.45) is 0. The zero-order valence-electron chi connectivity index (χ0n) is 13.7. The fraction of sp³-hybridized carbons (Fsp3) is 0.176. The van der Waals surface area contributed by atoms with E-state index >= 15 is 0 Å². The van der Waals surface area contributed by atoms with E-state index in [1.807, 2.05) is 13.0 Å². The molecule has 2 aromatic carbocycles. The third kappa shape index (κ3) is 5.02. The predicted octanol–water partition coefficient (Wildman–Crippen LogP) is 3.51. The fourth-order valence-electron chi connectivity index (χ4n) is 2.07. The number of nitrogens with one attached hydrogen (secondary N) is 2. The van der Waals surface area contributed by atoms with Crippen molar-refractivity contribution in [3.8, 4) is 0 Å². The van der Waals surface area contributed by atoms with Crippen molar-refractivity contribution in [2.24, 2.45) is 5.10 Å². The summed E-state index contributed by atoms with van der Waals surface area (Å²) in [6, 6.07) is 11.4. The second-order valence-corrected chi connectivity index (χ2v) is 5.71. The zero-order chi connectivity index (χ0) is 18.4. The van der Waals surface area contributed by atoms with Gasteiger partial charge in [-0.05, 0) is 31.5 Å². The van der Waals surface area contributed by atoms with Crippen LogP contribution in [0.15, 0.2) is 47.6 Å². The molecule has 0 heterocycles. The SMILES string of the molecule is C/C(=N\NC(=O)CNc1cccc(Cl)c1C)c1cccc([N+](=O)[O-])c1. The Kier molecular flexibility index (Phi) is 6.08. The molecule has 2 N–H and O–H groups in total. The van der Waals surface area contributed by atoms with Gasteiger partial charge in [0.15, 0.2) is 0 Å². The van der Waals surface area contributed by atoms with Gasteiger partial charge in [0.05, 0.1) is 17.2 Å². The molecule has 0 aliphatic carbocycles. The number of halogens is 1. The maximum Gasteiger partial charge on any atom is 0.270 e. The van der Waals surface area contributed by atoms with Crippen LogP contribution >= 0.6 is 11.6 Å². The largest absolute Gasteiger partial charge is 0.376 e. The monoisotopic (exact) mass is 360 g/mol. The van der Waals surface area contributed by atoms with Gasteiger partial charge in [0.2, 0.25) is 0 Å². The van der Waals surface area contributed by atoms with Crippen LogP contribution in [0.1, 0.15) is 18.1 Å². The van der Waals surface area contributed by atoms with Crippen molar-refractivity contribution in [3.63, 3.8) is 0 Å². The normalized spacial score (nSPS) is 11.1. The molecule has 2 rings (SSSR count). The molecular formula is C17H17ClN4O3. The molecule has 0 saturated carbocycles. The average molecular weight is 361 g/mol. The van der Waals surface area contributed by atoms with E-state index < -0.39 is 4.92 Å². The van der Waals surface area contributed by atoms with Gasteiger partial charge in [0, 0.05) is 28.4 Å². The maximum absolute atomic E-state index is 11.9. The molecule has 1 amide bonds. The Morgan fingerprint density at radius 3 is 2.72 bits per heavy atom. The lowest BCUT2D eigenvalue weighted by Gasteiger charge is -2.09. The molecule has 0 unspecified atom stereocenters. The van der Waals surface area contributed by atoms with Crippen LogP contribution < -0.4 is 10.7 Å². The van der Waals surface area contributed by atoms with E-state index in [4.69, 9.17) is 11.6 Å². The summed E-state index contributed by atoms with van der Waals surface area (Å²) in [5, 5.41) is 18.4. The van der Waals surface area contributed by atoms with Gasteiger partial charge in [0.25, 0.3) is 11.6 Å². The summed E-state index contributed by atoms with van der Waals surface area (Å²) in [7, 11) is 0. The van der Waals surface area contributed by atoms with Crippen LogP contribution in [-0.2, 0) is 4.79 Å². The molecule has 130 valence electrons. The lowest BCUT2D eigenvalue weighted by atomic mass is 10.1. The highest BCUT2D eigenvalue weighted by molar-refractivity contribution is 6.31. The van der Waals surface area contributed by atoms with E-state index in [9.17, 15) is 14.9 Å². The number of anilines is 1. The smallest absolute Gasteiger partial charge is 0.270 e. The van der Waals surface area contributed by atoms with Crippen LogP contribution in [-0.4, -0.2) is 23.1 Å². The number of amides is 1. The van der Waals surface area contributed by atoms with Crippen molar-refractivity contribution in [3.05, 3.63) is 68.7 Å². The average Bonchev–Trinajstić information content (AvgIpc) is 2.61. The number of benzene rings is 2. The summed E-state index contributed by atoms with van der Waals surface area (Å²) in [5.41, 5.74) is 5.04. The standard InChI is InChI=1S/C17H17ClN4O3/c1-11-15(18)7-4-8-16(11)19-10-17(23)21-20-12(2)13-5-3-6-14(9-13)22(24)25/h3-9,19H,10H2,1-2H3,(H,21,23)/b20-12+. The van der Waals surface area contributed by atoms with E-state index in [1.54, 1.807) is 31.2 Å². The topological polar surface area (TPSA) is 96.6 Å². The first-order chi connectivity index (χ1) is 11.9. The van der Waals surface area contributed by atoms with E-state index in [0.29, 0.717) is 16.3 Å². The number of hydrazone groups is 1. The summed E-state index contributed by atoms with van der Waals surface area (Å²) in [6.45, 7) is 3.54. The van der Waals surface area contributed by atoms with Gasteiger partial charge in [-0.15, -0.1) is 0 Å². The Hall–Kier alpha value is -2.93. The van der Waals surface area contributed by atoms with E-state index in [1.165, 1.54) is 12.1 Å². The molecule has 0 atom stereocenters. The molecule has 0 spiro atoms. The molecule has 0 fully saturated rings. The second kappa shape index (κ2) is 8.25. The van der Waals surface area contributed by atoms with Crippen molar-refractivity contribution < 1.29 is 9.72 Å². The summed E-state index contributed by atoms with van der Waals surface area (Å²) in [4.78, 5) is 22.2. The third-order valence-electron chi connectivity index (χ3n) is 3.53. The lowest BCUT2D eigenvalue weighted by molar-refractivity contribution is -0.384. The molecular weight excluding hydrogens is 344 g/mol. The minimum absolute atomic E-state index is 0.0207. The fourth-order valence-corrected chi connectivity index (χ4v) is 2.24. The van der Waals surface area contributed by atoms with Crippen molar-refractivity contribution in [1.82, 2.24) is 5.43 Å². The molecule has 0 aromatic heterocycles. The first-order valence-electron chi connectivity index (χ1n) is 7.45. The van der Waals surface area contributed by atoms with Crippen LogP contribution in [0.4, 0.5) is 11.4 Å². The van der Waals surface area contributed by atoms with Gasteiger partial charge < -0.3 is 5.32 Å². The van der Waals surface area contributed by atoms with Crippen LogP contribution in [0.3, 0.4) is 0 Å². The Labute approximate surface area is 149 Å². The summed E-state index contributed by atoms with van der Waals surface area (Å²) < 4.78 is 0. The zero-order valence-corrected chi connectivity index (χ0v) is 14.5. The number of non-ortho nitro benzene ring substituents is 1. The van der Waals surface area contributed by atoms with Crippen LogP contribution in [0.2, 0.25) is 5.02 Å². The number of nitro groups is 1. The minimum atomic E-state index is -0.480. The Morgan fingerprint density at radius 1 is 1.28 bits per heavy atom. The van der Waals surface area contributed by atoms with E-state index in [0.717, 1.165) is 11.3 Å². The van der Waals surface area contributed by atoms with Crippen molar-refractivity contribution in [1.29, 1.82) is 0 Å². The highest BCUT2D eigenvalue weighted by atomic mass is 35.5. The van der Waals surface area contributed by atoms with E-state index in [2.05, 4.69) is 15.8 Å². The van der Waals surface area contributed by atoms with Gasteiger partial charge in [0.1, 0.15) is 0 Å². The maximum atomic E-state index is 11.9. The van der Waals surface area contributed by atoms with Gasteiger partial charge in [-0.2, -0.15) is 5.10 Å². The Balaban J connectivity index is 1.96. The van der Waals surface area contributed by atoms with Crippen molar-refractivity contribution in [2.75, 3.05) is 11.9 Å². The Morgan fingerprint density at radius 2 is 2.00 bits per heavy atom. The molecule has 0 aliphatic heterocycles. The molecule has 7 nitrogen and oxygen atoms in total. The third-order valence-corrected chi connectivity index (χ3v) is 3.94. The van der Waals surface area contributed by atoms with Gasteiger partial charge in [-0.3, -0.25) is 14.9 Å². The molecule has 2 aromatic rings. The summed E-state index contributed by atoms with van der Waals surface area (Å²) >= 11 is 6.02. The number of carbonyl (C=O) groups excluding carboxylic acids is 1. The highest BCUT2D eigenvalue weighted by Crippen LogP contribution is 2.22. The Bertz CT molecular complexity index is 836. The van der Waals surface area contributed by atoms with Crippen molar-refractivity contribution in [2.45, 2.75) is 13.8 Å². The van der Waals surface area contributed by atoms with Gasteiger partial charge in [-0.25, -0.2) is 5.43 Å². The number of rotatable bonds is 6. The molecule has 0 aliphatic rings. The molecule has 8 heteroatoms. The summed E-state index contributed by atoms with van der Waals surface area (Å²) in [5.74, 6) is -0.343. The lowest BCUT2D eigenvalue weighted by Crippen LogP contribution is -2.27. The molecule has 0 radical (unpaired) electrons. The predicted molar refractivity (Wildman–Crippen MR) is 98.1 cm³/mol. The van der Waals surface area contributed by atoms with E-state index in [-0.39, 0.29) is 18.1 Å². The number of hydrogen-bond acceptors (Lipinski definition) is 5. The number of carbonyl (C=O) groups is 1. The molecule has 0 bridgehead atoms. The minimum Gasteiger partial charge on any atom is -0.376 e. The number of hydrogen-bond donors (Lipinski definition) is 2. The first kappa shape index (κ1) is 18.4. The van der Waals surface area contributed by atoms with Crippen LogP contribution in [0, 0.1) is 17.0 Å². The first-order valence-corrected chi connectivity index (χ1v) is 7.83. The van der Waals surface area contributed by atoms with Crippen LogP contribution in [0.5, 0.6) is 0 Å².